The van der Waals surface area contributed by atoms with E-state index in [0.717, 1.165) is 51.1 Å². The normalized spacial score (nSPS) is 19.4. The SMILES string of the molecule is CCCC(N)c1cn(CC2CCOCC2)nn1. The van der Waals surface area contributed by atoms with Crippen LogP contribution in [0, 0.1) is 5.92 Å². The van der Waals surface area contributed by atoms with E-state index in [2.05, 4.69) is 17.2 Å². The van der Waals surface area contributed by atoms with Crippen LogP contribution in [0.2, 0.25) is 0 Å². The predicted octanol–water partition coefficient (Wildman–Crippen LogP) is 1.50. The van der Waals surface area contributed by atoms with Crippen molar-refractivity contribution in [3.8, 4) is 0 Å². The van der Waals surface area contributed by atoms with Crippen LogP contribution < -0.4 is 5.73 Å². The molecule has 0 radical (unpaired) electrons. The smallest absolute Gasteiger partial charge is 0.0994 e. The molecule has 1 saturated heterocycles. The van der Waals surface area contributed by atoms with Crippen LogP contribution in [0.4, 0.5) is 0 Å². The van der Waals surface area contributed by atoms with Crippen molar-refractivity contribution in [2.45, 2.75) is 45.2 Å². The summed E-state index contributed by atoms with van der Waals surface area (Å²) < 4.78 is 7.28. The second kappa shape index (κ2) is 6.12. The summed E-state index contributed by atoms with van der Waals surface area (Å²) in [6, 6.07) is 0.0310. The monoisotopic (exact) mass is 238 g/mol. The topological polar surface area (TPSA) is 66.0 Å². The fourth-order valence-corrected chi connectivity index (χ4v) is 2.22. The van der Waals surface area contributed by atoms with Crippen LogP contribution in [0.5, 0.6) is 0 Å². The molecule has 17 heavy (non-hydrogen) atoms. The van der Waals surface area contributed by atoms with Crippen molar-refractivity contribution in [1.29, 1.82) is 0 Å². The van der Waals surface area contributed by atoms with Crippen molar-refractivity contribution < 1.29 is 4.74 Å². The Labute approximate surface area is 102 Å². The molecule has 2 heterocycles. The number of nitrogens with zero attached hydrogens (tertiary/aromatic N) is 3. The average molecular weight is 238 g/mol. The highest BCUT2D eigenvalue weighted by molar-refractivity contribution is 4.99. The maximum absolute atomic E-state index is 6.02. The maximum atomic E-state index is 6.02. The summed E-state index contributed by atoms with van der Waals surface area (Å²) in [5.41, 5.74) is 6.93. The molecule has 1 atom stereocenters. The Bertz CT molecular complexity index is 333. The zero-order valence-electron chi connectivity index (χ0n) is 10.5. The van der Waals surface area contributed by atoms with Gasteiger partial charge in [-0.3, -0.25) is 4.68 Å². The fraction of sp³-hybridized carbons (Fsp3) is 0.833. The average Bonchev–Trinajstić information content (AvgIpc) is 2.79. The standard InChI is InChI=1S/C12H22N4O/c1-2-3-11(13)12-9-16(15-14-12)8-10-4-6-17-7-5-10/h9-11H,2-8,13H2,1H3. The molecule has 5 heteroatoms. The highest BCUT2D eigenvalue weighted by Gasteiger charge is 2.16. The van der Waals surface area contributed by atoms with Crippen molar-refractivity contribution in [3.05, 3.63) is 11.9 Å². The largest absolute Gasteiger partial charge is 0.381 e. The predicted molar refractivity (Wildman–Crippen MR) is 65.4 cm³/mol. The van der Waals surface area contributed by atoms with Crippen LogP contribution in [0.25, 0.3) is 0 Å². The van der Waals surface area contributed by atoms with E-state index in [1.165, 1.54) is 0 Å². The molecule has 0 amide bonds. The van der Waals surface area contributed by atoms with Gasteiger partial charge in [0.15, 0.2) is 0 Å². The molecule has 1 fully saturated rings. The first-order valence-corrected chi connectivity index (χ1v) is 6.53. The first-order chi connectivity index (χ1) is 8.29. The molecule has 5 nitrogen and oxygen atoms in total. The molecule has 1 aromatic heterocycles. The van der Waals surface area contributed by atoms with Gasteiger partial charge in [0.25, 0.3) is 0 Å². The molecule has 2 N–H and O–H groups in total. The van der Waals surface area contributed by atoms with Gasteiger partial charge in [-0.15, -0.1) is 5.10 Å². The molecule has 1 aliphatic heterocycles. The van der Waals surface area contributed by atoms with E-state index in [9.17, 15) is 0 Å². The quantitative estimate of drug-likeness (QED) is 0.844. The van der Waals surface area contributed by atoms with E-state index in [4.69, 9.17) is 10.5 Å². The van der Waals surface area contributed by atoms with Crippen LogP contribution in [-0.4, -0.2) is 28.2 Å². The van der Waals surface area contributed by atoms with Gasteiger partial charge in [-0.1, -0.05) is 18.6 Å². The molecular weight excluding hydrogens is 216 g/mol. The lowest BCUT2D eigenvalue weighted by Crippen LogP contribution is -2.20. The number of hydrogen-bond acceptors (Lipinski definition) is 4. The van der Waals surface area contributed by atoms with E-state index in [1.807, 2.05) is 10.9 Å². The number of aromatic nitrogens is 3. The molecule has 1 aromatic rings. The molecule has 0 aromatic carbocycles. The van der Waals surface area contributed by atoms with Crippen LogP contribution >= 0.6 is 0 Å². The number of hydrogen-bond donors (Lipinski definition) is 1. The number of nitrogens with two attached hydrogens (primary N) is 1. The van der Waals surface area contributed by atoms with Gasteiger partial charge >= 0.3 is 0 Å². The van der Waals surface area contributed by atoms with Crippen molar-refractivity contribution >= 4 is 0 Å². The summed E-state index contributed by atoms with van der Waals surface area (Å²) in [4.78, 5) is 0. The van der Waals surface area contributed by atoms with E-state index < -0.39 is 0 Å². The summed E-state index contributed by atoms with van der Waals surface area (Å²) in [5, 5.41) is 8.32. The zero-order valence-corrected chi connectivity index (χ0v) is 10.5. The molecule has 0 aliphatic carbocycles. The van der Waals surface area contributed by atoms with Gasteiger partial charge in [0.2, 0.25) is 0 Å². The molecule has 1 unspecified atom stereocenters. The third-order valence-electron chi connectivity index (χ3n) is 3.32. The van der Waals surface area contributed by atoms with Crippen LogP contribution in [0.3, 0.4) is 0 Å². The van der Waals surface area contributed by atoms with Crippen LogP contribution in [0.15, 0.2) is 6.20 Å². The van der Waals surface area contributed by atoms with E-state index in [-0.39, 0.29) is 6.04 Å². The highest BCUT2D eigenvalue weighted by Crippen LogP contribution is 2.17. The van der Waals surface area contributed by atoms with Crippen LogP contribution in [0.1, 0.15) is 44.3 Å². The Morgan fingerprint density at radius 2 is 2.29 bits per heavy atom. The van der Waals surface area contributed by atoms with E-state index >= 15 is 0 Å². The van der Waals surface area contributed by atoms with E-state index in [1.54, 1.807) is 0 Å². The minimum absolute atomic E-state index is 0.0310. The summed E-state index contributed by atoms with van der Waals surface area (Å²) in [6.45, 7) is 4.82. The van der Waals surface area contributed by atoms with Gasteiger partial charge in [0.1, 0.15) is 0 Å². The summed E-state index contributed by atoms with van der Waals surface area (Å²) in [6.07, 6.45) is 6.28. The molecular formula is C12H22N4O. The molecule has 2 rings (SSSR count). The zero-order chi connectivity index (χ0) is 12.1. The van der Waals surface area contributed by atoms with Crippen molar-refractivity contribution in [1.82, 2.24) is 15.0 Å². The molecule has 0 spiro atoms. The van der Waals surface area contributed by atoms with Crippen LogP contribution in [-0.2, 0) is 11.3 Å². The van der Waals surface area contributed by atoms with Gasteiger partial charge in [0.05, 0.1) is 17.9 Å². The van der Waals surface area contributed by atoms with Crippen molar-refractivity contribution in [2.75, 3.05) is 13.2 Å². The molecule has 96 valence electrons. The highest BCUT2D eigenvalue weighted by atomic mass is 16.5. The summed E-state index contributed by atoms with van der Waals surface area (Å²) in [7, 11) is 0. The van der Waals surface area contributed by atoms with Gasteiger partial charge < -0.3 is 10.5 Å². The molecule has 0 saturated carbocycles. The third kappa shape index (κ3) is 3.51. The third-order valence-corrected chi connectivity index (χ3v) is 3.32. The fourth-order valence-electron chi connectivity index (χ4n) is 2.22. The number of ether oxygens (including phenoxy) is 1. The Morgan fingerprint density at radius 3 is 3.00 bits per heavy atom. The second-order valence-electron chi connectivity index (χ2n) is 4.82. The lowest BCUT2D eigenvalue weighted by Gasteiger charge is -2.21. The van der Waals surface area contributed by atoms with Gasteiger partial charge in [0, 0.05) is 19.8 Å². The maximum Gasteiger partial charge on any atom is 0.0994 e. The van der Waals surface area contributed by atoms with E-state index in [0.29, 0.717) is 5.92 Å². The van der Waals surface area contributed by atoms with Crippen molar-refractivity contribution in [2.24, 2.45) is 11.7 Å². The minimum atomic E-state index is 0.0310. The van der Waals surface area contributed by atoms with Gasteiger partial charge in [-0.2, -0.15) is 0 Å². The Kier molecular flexibility index (Phi) is 4.50. The Balaban J connectivity index is 1.88. The lowest BCUT2D eigenvalue weighted by molar-refractivity contribution is 0.0600. The van der Waals surface area contributed by atoms with Gasteiger partial charge in [-0.25, -0.2) is 0 Å². The first-order valence-electron chi connectivity index (χ1n) is 6.53. The lowest BCUT2D eigenvalue weighted by atomic mass is 10.0. The Morgan fingerprint density at radius 1 is 1.53 bits per heavy atom. The molecule has 0 bridgehead atoms. The molecule has 1 aliphatic rings. The first kappa shape index (κ1) is 12.5. The Hall–Kier alpha value is -0.940. The number of rotatable bonds is 5. The second-order valence-corrected chi connectivity index (χ2v) is 4.82. The minimum Gasteiger partial charge on any atom is -0.381 e. The summed E-state index contributed by atoms with van der Waals surface area (Å²) in [5.74, 6) is 0.667. The summed E-state index contributed by atoms with van der Waals surface area (Å²) >= 11 is 0. The van der Waals surface area contributed by atoms with Gasteiger partial charge in [-0.05, 0) is 25.2 Å². The van der Waals surface area contributed by atoms with Crippen molar-refractivity contribution in [3.63, 3.8) is 0 Å².